The third kappa shape index (κ3) is 5.79. The predicted molar refractivity (Wildman–Crippen MR) is 107 cm³/mol. The van der Waals surface area contributed by atoms with Crippen LogP contribution >= 0.6 is 0 Å². The van der Waals surface area contributed by atoms with Crippen LogP contribution in [0, 0.1) is 0 Å². The molecule has 0 spiro atoms. The Morgan fingerprint density at radius 1 is 1.11 bits per heavy atom. The van der Waals surface area contributed by atoms with Gasteiger partial charge >= 0.3 is 0 Å². The lowest BCUT2D eigenvalue weighted by Crippen LogP contribution is -2.29. The van der Waals surface area contributed by atoms with Crippen LogP contribution in [0.5, 0.6) is 5.75 Å². The molecule has 0 aromatic heterocycles. The highest BCUT2D eigenvalue weighted by atomic mass is 32.2. The smallest absolute Gasteiger partial charge is 0.251 e. The van der Waals surface area contributed by atoms with Crippen molar-refractivity contribution in [1.82, 2.24) is 10.0 Å². The number of nitrogens with one attached hydrogen (secondary N) is 2. The topological polar surface area (TPSA) is 93.7 Å². The molecule has 0 fully saturated rings. The highest BCUT2D eigenvalue weighted by Gasteiger charge is 2.18. The molecule has 1 unspecified atom stereocenters. The van der Waals surface area contributed by atoms with Gasteiger partial charge in [-0.15, -0.1) is 0 Å². The van der Waals surface area contributed by atoms with Gasteiger partial charge in [-0.25, -0.2) is 13.1 Å². The van der Waals surface area contributed by atoms with E-state index in [1.807, 2.05) is 31.2 Å². The molecule has 0 saturated carbocycles. The van der Waals surface area contributed by atoms with E-state index < -0.39 is 10.0 Å². The first-order valence-corrected chi connectivity index (χ1v) is 10.4. The molecule has 2 rings (SSSR count). The second-order valence-corrected chi connectivity index (χ2v) is 7.89. The highest BCUT2D eigenvalue weighted by Crippen LogP contribution is 2.21. The van der Waals surface area contributed by atoms with E-state index in [1.54, 1.807) is 19.2 Å². The quantitative estimate of drug-likeness (QED) is 0.591. The second-order valence-electron chi connectivity index (χ2n) is 6.13. The van der Waals surface area contributed by atoms with Crippen molar-refractivity contribution < 1.29 is 22.7 Å². The Bertz CT molecular complexity index is 882. The Morgan fingerprint density at radius 2 is 1.82 bits per heavy atom. The van der Waals surface area contributed by atoms with Crippen molar-refractivity contribution in [3.63, 3.8) is 0 Å². The zero-order chi connectivity index (χ0) is 20.6. The summed E-state index contributed by atoms with van der Waals surface area (Å²) < 4.78 is 37.1. The monoisotopic (exact) mass is 406 g/mol. The molecule has 2 aromatic carbocycles. The van der Waals surface area contributed by atoms with Crippen molar-refractivity contribution in [2.24, 2.45) is 0 Å². The van der Waals surface area contributed by atoms with Crippen LogP contribution in [0.25, 0.3) is 0 Å². The van der Waals surface area contributed by atoms with Crippen molar-refractivity contribution in [2.75, 3.05) is 27.4 Å². The first-order chi connectivity index (χ1) is 13.4. The molecule has 2 N–H and O–H groups in total. The van der Waals surface area contributed by atoms with Crippen LogP contribution in [0.2, 0.25) is 0 Å². The molecule has 0 heterocycles. The Morgan fingerprint density at radius 3 is 2.43 bits per heavy atom. The molecule has 28 heavy (non-hydrogen) atoms. The van der Waals surface area contributed by atoms with Crippen LogP contribution < -0.4 is 14.8 Å². The minimum atomic E-state index is -3.71. The molecule has 0 radical (unpaired) electrons. The highest BCUT2D eigenvalue weighted by molar-refractivity contribution is 7.89. The maximum Gasteiger partial charge on any atom is 0.251 e. The van der Waals surface area contributed by atoms with Crippen molar-refractivity contribution in [3.8, 4) is 5.75 Å². The summed E-state index contributed by atoms with van der Waals surface area (Å²) in [6.07, 6.45) is 0.689. The fourth-order valence-electron chi connectivity index (χ4n) is 2.66. The third-order valence-electron chi connectivity index (χ3n) is 4.24. The van der Waals surface area contributed by atoms with E-state index >= 15 is 0 Å². The number of benzene rings is 2. The van der Waals surface area contributed by atoms with E-state index in [4.69, 9.17) is 9.47 Å². The Labute approximate surface area is 166 Å². The number of hydrogen-bond acceptors (Lipinski definition) is 5. The first-order valence-electron chi connectivity index (χ1n) is 8.94. The average molecular weight is 407 g/mol. The van der Waals surface area contributed by atoms with Gasteiger partial charge in [0.05, 0.1) is 24.7 Å². The van der Waals surface area contributed by atoms with Crippen molar-refractivity contribution in [1.29, 1.82) is 0 Å². The number of methoxy groups -OCH3 is 2. The Hall–Kier alpha value is -2.42. The van der Waals surface area contributed by atoms with E-state index in [0.717, 1.165) is 11.3 Å². The molecule has 1 amide bonds. The van der Waals surface area contributed by atoms with Gasteiger partial charge in [-0.3, -0.25) is 4.79 Å². The number of carbonyl (C=O) groups is 1. The molecule has 0 aliphatic rings. The molecule has 0 bridgehead atoms. The fourth-order valence-corrected chi connectivity index (χ4v) is 3.72. The molecule has 7 nitrogen and oxygen atoms in total. The van der Waals surface area contributed by atoms with Gasteiger partial charge in [0.2, 0.25) is 10.0 Å². The molecular weight excluding hydrogens is 380 g/mol. The first kappa shape index (κ1) is 21.9. The van der Waals surface area contributed by atoms with Crippen LogP contribution in [0.15, 0.2) is 53.4 Å². The van der Waals surface area contributed by atoms with E-state index in [2.05, 4.69) is 10.0 Å². The maximum atomic E-state index is 12.7. The van der Waals surface area contributed by atoms with E-state index in [-0.39, 0.29) is 35.6 Å². The van der Waals surface area contributed by atoms with Gasteiger partial charge in [-0.05, 0) is 42.3 Å². The lowest BCUT2D eigenvalue weighted by Gasteiger charge is -2.18. The zero-order valence-electron chi connectivity index (χ0n) is 16.3. The van der Waals surface area contributed by atoms with Gasteiger partial charge in [0.1, 0.15) is 5.75 Å². The maximum absolute atomic E-state index is 12.7. The van der Waals surface area contributed by atoms with Gasteiger partial charge in [-0.1, -0.05) is 25.1 Å². The van der Waals surface area contributed by atoms with Gasteiger partial charge in [-0.2, -0.15) is 0 Å². The van der Waals surface area contributed by atoms with Crippen LogP contribution in [0.4, 0.5) is 0 Å². The minimum absolute atomic E-state index is 0.0359. The number of ether oxygens (including phenoxy) is 2. The van der Waals surface area contributed by atoms with Gasteiger partial charge in [0, 0.05) is 19.2 Å². The van der Waals surface area contributed by atoms with E-state index in [1.165, 1.54) is 19.2 Å². The molecule has 0 aliphatic heterocycles. The summed E-state index contributed by atoms with van der Waals surface area (Å²) in [6.45, 7) is 2.39. The van der Waals surface area contributed by atoms with Crippen molar-refractivity contribution in [3.05, 3.63) is 59.7 Å². The summed E-state index contributed by atoms with van der Waals surface area (Å²) in [5, 5.41) is 2.95. The zero-order valence-corrected chi connectivity index (χ0v) is 17.1. The number of sulfonamides is 1. The molecule has 1 atom stereocenters. The van der Waals surface area contributed by atoms with Crippen LogP contribution in [-0.2, 0) is 14.8 Å². The van der Waals surface area contributed by atoms with Gasteiger partial charge < -0.3 is 14.8 Å². The lowest BCUT2D eigenvalue weighted by atomic mass is 10.0. The molecule has 152 valence electrons. The normalized spacial score (nSPS) is 12.4. The Balaban J connectivity index is 2.14. The Kier molecular flexibility index (Phi) is 7.98. The summed E-state index contributed by atoms with van der Waals surface area (Å²) in [7, 11) is -0.618. The third-order valence-corrected chi connectivity index (χ3v) is 5.70. The lowest BCUT2D eigenvalue weighted by molar-refractivity contribution is 0.0935. The summed E-state index contributed by atoms with van der Waals surface area (Å²) >= 11 is 0. The van der Waals surface area contributed by atoms with Crippen molar-refractivity contribution in [2.45, 2.75) is 24.3 Å². The summed E-state index contributed by atoms with van der Waals surface area (Å²) in [6, 6.07) is 13.2. The largest absolute Gasteiger partial charge is 0.497 e. The van der Waals surface area contributed by atoms with Crippen LogP contribution in [0.1, 0.15) is 35.3 Å². The van der Waals surface area contributed by atoms with E-state index in [0.29, 0.717) is 6.42 Å². The minimum Gasteiger partial charge on any atom is -0.497 e. The predicted octanol–water partition coefficient (Wildman–Crippen LogP) is 2.50. The van der Waals surface area contributed by atoms with Gasteiger partial charge in [0.25, 0.3) is 5.91 Å². The summed E-state index contributed by atoms with van der Waals surface area (Å²) in [5.74, 6) is 0.403. The standard InChI is InChI=1S/C20H26N2O5S/c1-4-19(15-8-10-17(27-3)11-9-15)22-20(23)16-6-5-7-18(14-16)28(24,25)21-12-13-26-2/h5-11,14,19,21H,4,12-13H2,1-3H3,(H,22,23). The van der Waals surface area contributed by atoms with Crippen LogP contribution in [0.3, 0.4) is 0 Å². The second kappa shape index (κ2) is 10.2. The molecule has 0 saturated heterocycles. The average Bonchev–Trinajstić information content (AvgIpc) is 2.72. The van der Waals surface area contributed by atoms with E-state index in [9.17, 15) is 13.2 Å². The number of rotatable bonds is 10. The number of carbonyl (C=O) groups excluding carboxylic acids is 1. The molecule has 0 aliphatic carbocycles. The molecule has 8 heteroatoms. The fraction of sp³-hybridized carbons (Fsp3) is 0.350. The summed E-state index contributed by atoms with van der Waals surface area (Å²) in [4.78, 5) is 12.7. The summed E-state index contributed by atoms with van der Waals surface area (Å²) in [5.41, 5.74) is 1.23. The SMILES string of the molecule is CCC(NC(=O)c1cccc(S(=O)(=O)NCCOC)c1)c1ccc(OC)cc1. The van der Waals surface area contributed by atoms with Crippen LogP contribution in [-0.4, -0.2) is 41.7 Å². The van der Waals surface area contributed by atoms with Crippen molar-refractivity contribution >= 4 is 15.9 Å². The molecular formula is C20H26N2O5S. The molecule has 2 aromatic rings. The number of amides is 1. The van der Waals surface area contributed by atoms with Gasteiger partial charge in [0.15, 0.2) is 0 Å². The number of hydrogen-bond donors (Lipinski definition) is 2.